The number of hydrogen-bond donors (Lipinski definition) is 6. The molecule has 156 valence electrons. The van der Waals surface area contributed by atoms with Crippen LogP contribution in [0.1, 0.15) is 41.0 Å². The van der Waals surface area contributed by atoms with Crippen LogP contribution >= 0.6 is 0 Å². The van der Waals surface area contributed by atoms with Gasteiger partial charge in [0, 0.05) is 0 Å². The van der Waals surface area contributed by atoms with Gasteiger partial charge in [-0.05, 0) is 25.2 Å². The molecule has 0 rings (SSSR count). The maximum atomic E-state index is 12.3. The minimum atomic E-state index is -1.36. The zero-order chi connectivity index (χ0) is 21.3. The summed E-state index contributed by atoms with van der Waals surface area (Å²) in [5.41, 5.74) is 5.66. The van der Waals surface area contributed by atoms with Gasteiger partial charge in [-0.2, -0.15) is 0 Å². The summed E-state index contributed by atoms with van der Waals surface area (Å²) in [5.74, 6) is -3.35. The molecular formula is C17H32N4O6. The third-order valence-electron chi connectivity index (χ3n) is 3.85. The number of aliphatic hydroxyl groups excluding tert-OH is 1. The second-order valence-corrected chi connectivity index (χ2v) is 7.30. The van der Waals surface area contributed by atoms with Gasteiger partial charge < -0.3 is 31.9 Å². The predicted octanol–water partition coefficient (Wildman–Crippen LogP) is -1.43. The van der Waals surface area contributed by atoms with Crippen molar-refractivity contribution in [2.45, 2.75) is 65.3 Å². The quantitative estimate of drug-likeness (QED) is 0.252. The summed E-state index contributed by atoms with van der Waals surface area (Å²) in [6.07, 6.45) is -1.07. The van der Waals surface area contributed by atoms with Gasteiger partial charge in [0.25, 0.3) is 0 Å². The van der Waals surface area contributed by atoms with E-state index in [1.165, 1.54) is 6.92 Å². The molecule has 0 aliphatic heterocycles. The summed E-state index contributed by atoms with van der Waals surface area (Å²) in [6, 6.07) is -3.28. The summed E-state index contributed by atoms with van der Waals surface area (Å²) in [6.45, 7) is 7.99. The summed E-state index contributed by atoms with van der Waals surface area (Å²) in [4.78, 5) is 47.3. The molecule has 0 aromatic carbocycles. The molecule has 0 heterocycles. The van der Waals surface area contributed by atoms with E-state index in [4.69, 9.17) is 5.73 Å². The number of carboxylic acid groups (broad SMARTS) is 1. The van der Waals surface area contributed by atoms with Crippen molar-refractivity contribution in [3.8, 4) is 0 Å². The second-order valence-electron chi connectivity index (χ2n) is 7.30. The van der Waals surface area contributed by atoms with Crippen molar-refractivity contribution >= 4 is 23.7 Å². The largest absolute Gasteiger partial charge is 0.480 e. The Morgan fingerprint density at radius 2 is 1.52 bits per heavy atom. The van der Waals surface area contributed by atoms with Crippen molar-refractivity contribution in [1.29, 1.82) is 0 Å². The van der Waals surface area contributed by atoms with Gasteiger partial charge in [-0.3, -0.25) is 14.4 Å². The number of carboxylic acids is 1. The van der Waals surface area contributed by atoms with Crippen LogP contribution in [0.15, 0.2) is 0 Å². The van der Waals surface area contributed by atoms with Crippen LogP contribution in [0.5, 0.6) is 0 Å². The Morgan fingerprint density at radius 3 is 1.93 bits per heavy atom. The number of hydrogen-bond acceptors (Lipinski definition) is 6. The minimum absolute atomic E-state index is 0.0198. The number of carbonyl (C=O) groups is 4. The SMILES string of the molecule is CC(C)CC(NC(=O)C(NC(=O)CNC(=O)C(N)C(C)C)C(C)O)C(=O)O. The van der Waals surface area contributed by atoms with Crippen LogP contribution in [0.25, 0.3) is 0 Å². The summed E-state index contributed by atoms with van der Waals surface area (Å²) < 4.78 is 0. The van der Waals surface area contributed by atoms with Crippen molar-refractivity contribution < 1.29 is 29.4 Å². The van der Waals surface area contributed by atoms with Crippen molar-refractivity contribution in [1.82, 2.24) is 16.0 Å². The van der Waals surface area contributed by atoms with Crippen molar-refractivity contribution in [3.63, 3.8) is 0 Å². The van der Waals surface area contributed by atoms with Gasteiger partial charge in [-0.25, -0.2) is 4.79 Å². The third-order valence-corrected chi connectivity index (χ3v) is 3.85. The molecule has 27 heavy (non-hydrogen) atoms. The van der Waals surface area contributed by atoms with Crippen molar-refractivity contribution in [2.24, 2.45) is 17.6 Å². The Kier molecular flexibility index (Phi) is 10.6. The Labute approximate surface area is 159 Å². The normalized spacial score (nSPS) is 15.6. The monoisotopic (exact) mass is 388 g/mol. The lowest BCUT2D eigenvalue weighted by molar-refractivity contribution is -0.143. The number of amides is 3. The zero-order valence-corrected chi connectivity index (χ0v) is 16.5. The van der Waals surface area contributed by atoms with Gasteiger partial charge in [0.2, 0.25) is 17.7 Å². The van der Waals surface area contributed by atoms with E-state index < -0.39 is 54.5 Å². The van der Waals surface area contributed by atoms with Crippen LogP contribution in [0.2, 0.25) is 0 Å². The molecule has 7 N–H and O–H groups in total. The summed E-state index contributed by atoms with van der Waals surface area (Å²) in [7, 11) is 0. The summed E-state index contributed by atoms with van der Waals surface area (Å²) >= 11 is 0. The molecule has 10 nitrogen and oxygen atoms in total. The van der Waals surface area contributed by atoms with E-state index in [2.05, 4.69) is 16.0 Å². The highest BCUT2D eigenvalue weighted by Crippen LogP contribution is 2.06. The van der Waals surface area contributed by atoms with Crippen LogP contribution in [0.3, 0.4) is 0 Å². The van der Waals surface area contributed by atoms with E-state index in [1.807, 2.05) is 0 Å². The van der Waals surface area contributed by atoms with Gasteiger partial charge in [0.15, 0.2) is 0 Å². The highest BCUT2D eigenvalue weighted by Gasteiger charge is 2.30. The topological polar surface area (TPSA) is 171 Å². The number of nitrogens with one attached hydrogen (secondary N) is 3. The van der Waals surface area contributed by atoms with Gasteiger partial charge in [0.05, 0.1) is 18.7 Å². The van der Waals surface area contributed by atoms with E-state index in [0.29, 0.717) is 0 Å². The predicted molar refractivity (Wildman–Crippen MR) is 98.5 cm³/mol. The van der Waals surface area contributed by atoms with E-state index >= 15 is 0 Å². The minimum Gasteiger partial charge on any atom is -0.480 e. The number of rotatable bonds is 11. The molecule has 0 fully saturated rings. The molecule has 0 bridgehead atoms. The maximum Gasteiger partial charge on any atom is 0.326 e. The molecule has 4 atom stereocenters. The first kappa shape index (κ1) is 24.8. The molecule has 0 spiro atoms. The fraction of sp³-hybridized carbons (Fsp3) is 0.765. The molecule has 0 aromatic rings. The standard InChI is InChI=1S/C17H32N4O6/c1-8(2)6-11(17(26)27)20-16(25)14(10(5)22)21-12(23)7-19-15(24)13(18)9(3)4/h8-11,13-14,22H,6-7,18H2,1-5H3,(H,19,24)(H,20,25)(H,21,23)(H,26,27). The van der Waals surface area contributed by atoms with Crippen LogP contribution in [0.4, 0.5) is 0 Å². The molecule has 0 aliphatic rings. The maximum absolute atomic E-state index is 12.3. The van der Waals surface area contributed by atoms with Crippen LogP contribution in [-0.2, 0) is 19.2 Å². The fourth-order valence-electron chi connectivity index (χ4n) is 2.17. The summed E-state index contributed by atoms with van der Waals surface area (Å²) in [5, 5.41) is 25.9. The van der Waals surface area contributed by atoms with Crippen LogP contribution in [-0.4, -0.2) is 64.7 Å². The van der Waals surface area contributed by atoms with E-state index in [-0.39, 0.29) is 18.3 Å². The highest BCUT2D eigenvalue weighted by molar-refractivity contribution is 5.92. The smallest absolute Gasteiger partial charge is 0.326 e. The van der Waals surface area contributed by atoms with Gasteiger partial charge in [-0.15, -0.1) is 0 Å². The zero-order valence-electron chi connectivity index (χ0n) is 16.5. The molecule has 0 saturated carbocycles. The van der Waals surface area contributed by atoms with Crippen LogP contribution < -0.4 is 21.7 Å². The fourth-order valence-corrected chi connectivity index (χ4v) is 2.17. The lowest BCUT2D eigenvalue weighted by Crippen LogP contribution is -2.57. The third kappa shape index (κ3) is 9.34. The van der Waals surface area contributed by atoms with Crippen molar-refractivity contribution in [3.05, 3.63) is 0 Å². The number of aliphatic carboxylic acids is 1. The lowest BCUT2D eigenvalue weighted by atomic mass is 10.0. The average molecular weight is 388 g/mol. The number of aliphatic hydroxyl groups is 1. The first-order chi connectivity index (χ1) is 12.4. The first-order valence-corrected chi connectivity index (χ1v) is 8.90. The molecule has 0 aliphatic carbocycles. The van der Waals surface area contributed by atoms with E-state index in [1.54, 1.807) is 27.7 Å². The number of nitrogens with two attached hydrogens (primary N) is 1. The molecule has 10 heteroatoms. The van der Waals surface area contributed by atoms with E-state index in [9.17, 15) is 29.4 Å². The molecular weight excluding hydrogens is 356 g/mol. The second kappa shape index (κ2) is 11.5. The molecule has 0 radical (unpaired) electrons. The first-order valence-electron chi connectivity index (χ1n) is 8.90. The average Bonchev–Trinajstić information content (AvgIpc) is 2.54. The van der Waals surface area contributed by atoms with Crippen LogP contribution in [0, 0.1) is 11.8 Å². The molecule has 3 amide bonds. The lowest BCUT2D eigenvalue weighted by Gasteiger charge is -2.24. The Balaban J connectivity index is 4.83. The molecule has 4 unspecified atom stereocenters. The van der Waals surface area contributed by atoms with E-state index in [0.717, 1.165) is 0 Å². The van der Waals surface area contributed by atoms with Gasteiger partial charge in [-0.1, -0.05) is 27.7 Å². The van der Waals surface area contributed by atoms with Gasteiger partial charge >= 0.3 is 5.97 Å². The highest BCUT2D eigenvalue weighted by atomic mass is 16.4. The Morgan fingerprint density at radius 1 is 0.963 bits per heavy atom. The number of carbonyl (C=O) groups excluding carboxylic acids is 3. The molecule has 0 saturated heterocycles. The Bertz CT molecular complexity index is 536. The molecule has 0 aromatic heterocycles. The van der Waals surface area contributed by atoms with Crippen molar-refractivity contribution in [2.75, 3.05) is 6.54 Å². The Hall–Kier alpha value is -2.20. The van der Waals surface area contributed by atoms with Gasteiger partial charge in [0.1, 0.15) is 12.1 Å².